The van der Waals surface area contributed by atoms with E-state index in [0.29, 0.717) is 28.2 Å². The van der Waals surface area contributed by atoms with Crippen LogP contribution in [0.15, 0.2) is 42.5 Å². The van der Waals surface area contributed by atoms with Crippen molar-refractivity contribution in [1.29, 1.82) is 0 Å². The molecule has 3 rings (SSSR count). The van der Waals surface area contributed by atoms with Crippen molar-refractivity contribution in [3.63, 3.8) is 0 Å². The molecule has 6 nitrogen and oxygen atoms in total. The van der Waals surface area contributed by atoms with Gasteiger partial charge in [0.25, 0.3) is 5.69 Å². The first-order chi connectivity index (χ1) is 12.7. The maximum absolute atomic E-state index is 12.2. The van der Waals surface area contributed by atoms with Gasteiger partial charge in [-0.15, -0.1) is 0 Å². The summed E-state index contributed by atoms with van der Waals surface area (Å²) in [6.07, 6.45) is 0.998. The highest BCUT2D eigenvalue weighted by molar-refractivity contribution is 7.22. The topological polar surface area (TPSA) is 85.1 Å². The number of nitrogens with zero attached hydrogens (tertiary/aromatic N) is 2. The van der Waals surface area contributed by atoms with E-state index in [-0.39, 0.29) is 17.0 Å². The first kappa shape index (κ1) is 19.0. The molecule has 0 aliphatic rings. The van der Waals surface area contributed by atoms with Gasteiger partial charge in [-0.25, -0.2) is 4.98 Å². The van der Waals surface area contributed by atoms with Crippen molar-refractivity contribution in [3.8, 4) is 0 Å². The molecule has 0 aliphatic carbocycles. The summed E-state index contributed by atoms with van der Waals surface area (Å²) in [6, 6.07) is 12.8. The average molecular weight is 383 g/mol. The molecule has 3 aromatic rings. The smallest absolute Gasteiger partial charge is 0.270 e. The summed E-state index contributed by atoms with van der Waals surface area (Å²) in [5.41, 5.74) is 3.14. The zero-order valence-electron chi connectivity index (χ0n) is 15.5. The van der Waals surface area contributed by atoms with Crippen LogP contribution in [0.2, 0.25) is 0 Å². The number of rotatable bonds is 5. The number of hydrogen-bond acceptors (Lipinski definition) is 5. The number of aromatic nitrogens is 1. The van der Waals surface area contributed by atoms with Crippen molar-refractivity contribution in [2.45, 2.75) is 39.0 Å². The molecular weight excluding hydrogens is 362 g/mol. The lowest BCUT2D eigenvalue weighted by Gasteiger charge is -2.19. The Hall–Kier alpha value is -2.80. The molecule has 0 atom stereocenters. The summed E-state index contributed by atoms with van der Waals surface area (Å²) in [4.78, 5) is 26.9. The van der Waals surface area contributed by atoms with Crippen LogP contribution in [0.3, 0.4) is 0 Å². The molecular formula is C20H21N3O3S. The predicted molar refractivity (Wildman–Crippen MR) is 108 cm³/mol. The molecule has 27 heavy (non-hydrogen) atoms. The van der Waals surface area contributed by atoms with Gasteiger partial charge in [0.2, 0.25) is 5.91 Å². The number of aryl methyl sites for hydroxylation is 1. The van der Waals surface area contributed by atoms with Crippen molar-refractivity contribution in [1.82, 2.24) is 4.98 Å². The third kappa shape index (κ3) is 4.68. The number of thiazole rings is 1. The molecule has 7 heteroatoms. The number of carbonyl (C=O) groups is 1. The van der Waals surface area contributed by atoms with Gasteiger partial charge in [-0.3, -0.25) is 14.9 Å². The monoisotopic (exact) mass is 383 g/mol. The van der Waals surface area contributed by atoms with Gasteiger partial charge < -0.3 is 5.32 Å². The number of carbonyl (C=O) groups excluding carboxylic acids is 1. The van der Waals surface area contributed by atoms with Crippen LogP contribution in [0.4, 0.5) is 10.8 Å². The van der Waals surface area contributed by atoms with Crippen LogP contribution >= 0.6 is 11.3 Å². The van der Waals surface area contributed by atoms with E-state index in [1.807, 2.05) is 0 Å². The molecule has 0 aliphatic heterocycles. The highest BCUT2D eigenvalue weighted by Crippen LogP contribution is 2.29. The zero-order chi connectivity index (χ0) is 19.6. The second-order valence-electron chi connectivity index (χ2n) is 7.42. The van der Waals surface area contributed by atoms with Crippen LogP contribution in [0.5, 0.6) is 0 Å². The van der Waals surface area contributed by atoms with E-state index in [1.165, 1.54) is 29.0 Å². The number of benzene rings is 2. The van der Waals surface area contributed by atoms with Crippen molar-refractivity contribution in [3.05, 3.63) is 63.7 Å². The van der Waals surface area contributed by atoms with Gasteiger partial charge in [0.1, 0.15) is 0 Å². The van der Waals surface area contributed by atoms with E-state index < -0.39 is 4.92 Å². The van der Waals surface area contributed by atoms with Crippen molar-refractivity contribution >= 4 is 38.3 Å². The second-order valence-corrected chi connectivity index (χ2v) is 8.45. The summed E-state index contributed by atoms with van der Waals surface area (Å²) < 4.78 is 0.678. The Balaban J connectivity index is 1.60. The third-order valence-electron chi connectivity index (χ3n) is 4.29. The lowest BCUT2D eigenvalue weighted by atomic mass is 9.86. The molecule has 0 bridgehead atoms. The van der Waals surface area contributed by atoms with Crippen molar-refractivity contribution in [2.24, 2.45) is 0 Å². The van der Waals surface area contributed by atoms with Gasteiger partial charge in [-0.05, 0) is 29.0 Å². The van der Waals surface area contributed by atoms with E-state index in [4.69, 9.17) is 0 Å². The predicted octanol–water partition coefficient (Wildman–Crippen LogP) is 5.07. The minimum Gasteiger partial charge on any atom is -0.302 e. The quantitative estimate of drug-likeness (QED) is 0.492. The van der Waals surface area contributed by atoms with Gasteiger partial charge in [-0.2, -0.15) is 0 Å². The van der Waals surface area contributed by atoms with E-state index in [1.54, 1.807) is 6.07 Å². The highest BCUT2D eigenvalue weighted by atomic mass is 32.1. The van der Waals surface area contributed by atoms with Crippen LogP contribution < -0.4 is 5.32 Å². The first-order valence-electron chi connectivity index (χ1n) is 8.66. The number of nitro groups is 1. The Kier molecular flexibility index (Phi) is 5.23. The van der Waals surface area contributed by atoms with E-state index in [0.717, 1.165) is 5.56 Å². The largest absolute Gasteiger partial charge is 0.302 e. The van der Waals surface area contributed by atoms with Gasteiger partial charge in [-0.1, -0.05) is 56.4 Å². The van der Waals surface area contributed by atoms with Crippen LogP contribution in [0, 0.1) is 10.1 Å². The lowest BCUT2D eigenvalue weighted by Crippen LogP contribution is -2.13. The summed E-state index contributed by atoms with van der Waals surface area (Å²) in [5.74, 6) is -0.122. The van der Waals surface area contributed by atoms with E-state index >= 15 is 0 Å². The molecule has 1 N–H and O–H groups in total. The molecule has 0 saturated carbocycles. The van der Waals surface area contributed by atoms with Crippen LogP contribution in [0.25, 0.3) is 10.2 Å². The number of fused-ring (bicyclic) bond motifs is 1. The fourth-order valence-corrected chi connectivity index (χ4v) is 3.61. The van der Waals surface area contributed by atoms with Crippen LogP contribution in [-0.2, 0) is 16.6 Å². The van der Waals surface area contributed by atoms with Crippen molar-refractivity contribution < 1.29 is 9.72 Å². The van der Waals surface area contributed by atoms with Crippen LogP contribution in [-0.4, -0.2) is 15.8 Å². The highest BCUT2D eigenvalue weighted by Gasteiger charge is 2.14. The molecule has 140 valence electrons. The minimum absolute atomic E-state index is 0.0164. The van der Waals surface area contributed by atoms with Crippen LogP contribution in [0.1, 0.15) is 38.3 Å². The molecule has 0 radical (unpaired) electrons. The molecule has 0 spiro atoms. The van der Waals surface area contributed by atoms with E-state index in [9.17, 15) is 14.9 Å². The molecule has 0 fully saturated rings. The normalized spacial score (nSPS) is 11.5. The van der Waals surface area contributed by atoms with Gasteiger partial charge in [0, 0.05) is 18.6 Å². The fraction of sp³-hybridized carbons (Fsp3) is 0.300. The van der Waals surface area contributed by atoms with Gasteiger partial charge >= 0.3 is 0 Å². The number of nitrogens with one attached hydrogen (secondary N) is 1. The summed E-state index contributed by atoms with van der Waals surface area (Å²) in [5, 5.41) is 14.1. The summed E-state index contributed by atoms with van der Waals surface area (Å²) in [6.45, 7) is 6.51. The van der Waals surface area contributed by atoms with Gasteiger partial charge in [0.15, 0.2) is 5.13 Å². The number of hydrogen-bond donors (Lipinski definition) is 1. The minimum atomic E-state index is -0.442. The lowest BCUT2D eigenvalue weighted by molar-refractivity contribution is -0.384. The number of amides is 1. The molecule has 1 aromatic heterocycles. The number of non-ortho nitro benzene ring substituents is 1. The molecule has 2 aromatic carbocycles. The zero-order valence-corrected chi connectivity index (χ0v) is 16.3. The Morgan fingerprint density at radius 2 is 1.89 bits per heavy atom. The molecule has 1 amide bonds. The Labute approximate surface area is 161 Å². The summed E-state index contributed by atoms with van der Waals surface area (Å²) >= 11 is 1.24. The Bertz CT molecular complexity index is 988. The maximum atomic E-state index is 12.2. The number of nitro benzene ring substituents is 1. The first-order valence-corrected chi connectivity index (χ1v) is 9.48. The molecule has 1 heterocycles. The second kappa shape index (κ2) is 7.44. The van der Waals surface area contributed by atoms with E-state index in [2.05, 4.69) is 55.3 Å². The average Bonchev–Trinajstić information content (AvgIpc) is 3.00. The van der Waals surface area contributed by atoms with Crippen molar-refractivity contribution in [2.75, 3.05) is 5.32 Å². The third-order valence-corrected chi connectivity index (χ3v) is 5.22. The fourth-order valence-electron chi connectivity index (χ4n) is 2.69. The molecule has 0 saturated heterocycles. The Morgan fingerprint density at radius 1 is 1.19 bits per heavy atom. The number of anilines is 1. The Morgan fingerprint density at radius 3 is 2.52 bits per heavy atom. The SMILES string of the molecule is CC(C)(C)c1ccc(CCC(=O)Nc2nc3ccc([N+](=O)[O-])cc3s2)cc1. The summed E-state index contributed by atoms with van der Waals surface area (Å²) in [7, 11) is 0. The molecule has 0 unspecified atom stereocenters. The standard InChI is InChI=1S/C20H21N3O3S/c1-20(2,3)14-7-4-13(5-8-14)6-11-18(24)22-19-21-16-10-9-15(23(25)26)12-17(16)27-19/h4-5,7-10,12H,6,11H2,1-3H3,(H,21,22,24). The maximum Gasteiger partial charge on any atom is 0.270 e. The van der Waals surface area contributed by atoms with Gasteiger partial charge in [0.05, 0.1) is 15.1 Å².